The van der Waals surface area contributed by atoms with Gasteiger partial charge in [0.1, 0.15) is 5.75 Å². The Kier molecular flexibility index (Phi) is 5.34. The normalized spacial score (nSPS) is 17.1. The molecule has 1 aliphatic carbocycles. The molecule has 0 radical (unpaired) electrons. The standard InChI is InChI=1S/C16H22F2N2O2/c1-16(10-19,12-5-6-12)20-14(21)9-4-11-2-7-13(8-3-11)22-15(17)18/h2-3,7-8,12,15H,4-6,9-10,19H2,1H3,(H,20,21). The van der Waals surface area contributed by atoms with Gasteiger partial charge in [0.05, 0.1) is 5.54 Å². The molecule has 0 spiro atoms. The van der Waals surface area contributed by atoms with Gasteiger partial charge in [-0.05, 0) is 49.8 Å². The van der Waals surface area contributed by atoms with E-state index in [2.05, 4.69) is 10.1 Å². The molecule has 0 aromatic heterocycles. The van der Waals surface area contributed by atoms with Crippen LogP contribution in [0.25, 0.3) is 0 Å². The fraction of sp³-hybridized carbons (Fsp3) is 0.562. The van der Waals surface area contributed by atoms with E-state index in [1.54, 1.807) is 12.1 Å². The summed E-state index contributed by atoms with van der Waals surface area (Å²) >= 11 is 0. The maximum Gasteiger partial charge on any atom is 0.387 e. The van der Waals surface area contributed by atoms with Crippen LogP contribution < -0.4 is 15.8 Å². The second-order valence-electron chi connectivity index (χ2n) is 5.97. The molecule has 22 heavy (non-hydrogen) atoms. The lowest BCUT2D eigenvalue weighted by Crippen LogP contribution is -2.53. The Morgan fingerprint density at radius 3 is 2.55 bits per heavy atom. The highest BCUT2D eigenvalue weighted by Gasteiger charge is 2.41. The largest absolute Gasteiger partial charge is 0.435 e. The minimum Gasteiger partial charge on any atom is -0.435 e. The summed E-state index contributed by atoms with van der Waals surface area (Å²) in [5.41, 5.74) is 6.36. The monoisotopic (exact) mass is 312 g/mol. The fourth-order valence-electron chi connectivity index (χ4n) is 2.52. The molecule has 3 N–H and O–H groups in total. The molecule has 1 aliphatic rings. The molecular weight excluding hydrogens is 290 g/mol. The minimum absolute atomic E-state index is 0.0345. The van der Waals surface area contributed by atoms with Gasteiger partial charge in [-0.2, -0.15) is 8.78 Å². The predicted octanol–water partition coefficient (Wildman–Crippen LogP) is 2.46. The highest BCUT2D eigenvalue weighted by molar-refractivity contribution is 5.77. The number of rotatable bonds is 8. The summed E-state index contributed by atoms with van der Waals surface area (Å²) in [6.45, 7) is -0.407. The van der Waals surface area contributed by atoms with Crippen molar-refractivity contribution in [3.8, 4) is 5.75 Å². The van der Waals surface area contributed by atoms with E-state index in [0.717, 1.165) is 18.4 Å². The highest BCUT2D eigenvalue weighted by Crippen LogP contribution is 2.39. The Morgan fingerprint density at radius 2 is 2.05 bits per heavy atom. The van der Waals surface area contributed by atoms with Crippen molar-refractivity contribution in [2.75, 3.05) is 6.54 Å². The number of carbonyl (C=O) groups excluding carboxylic acids is 1. The fourth-order valence-corrected chi connectivity index (χ4v) is 2.52. The molecule has 6 heteroatoms. The van der Waals surface area contributed by atoms with E-state index in [0.29, 0.717) is 25.3 Å². The van der Waals surface area contributed by atoms with Gasteiger partial charge in [0.15, 0.2) is 0 Å². The summed E-state index contributed by atoms with van der Waals surface area (Å²) in [6.07, 6.45) is 3.11. The van der Waals surface area contributed by atoms with Crippen LogP contribution in [0, 0.1) is 5.92 Å². The van der Waals surface area contributed by atoms with Crippen LogP contribution in [-0.4, -0.2) is 24.6 Å². The molecule has 122 valence electrons. The average Bonchev–Trinajstić information content (AvgIpc) is 3.31. The van der Waals surface area contributed by atoms with E-state index in [9.17, 15) is 13.6 Å². The number of benzene rings is 1. The smallest absolute Gasteiger partial charge is 0.387 e. The van der Waals surface area contributed by atoms with Gasteiger partial charge in [-0.3, -0.25) is 4.79 Å². The number of nitrogens with two attached hydrogens (primary N) is 1. The number of ether oxygens (including phenoxy) is 1. The molecule has 1 aromatic rings. The molecule has 0 aliphatic heterocycles. The lowest BCUT2D eigenvalue weighted by Gasteiger charge is -2.29. The summed E-state index contributed by atoms with van der Waals surface area (Å²) in [4.78, 5) is 12.0. The average molecular weight is 312 g/mol. The van der Waals surface area contributed by atoms with E-state index < -0.39 is 6.61 Å². The minimum atomic E-state index is -2.83. The Labute approximate surface area is 129 Å². The zero-order chi connectivity index (χ0) is 16.2. The van der Waals surface area contributed by atoms with Crippen molar-refractivity contribution in [2.45, 2.75) is 44.8 Å². The molecule has 2 rings (SSSR count). The lowest BCUT2D eigenvalue weighted by atomic mass is 9.95. The first-order valence-corrected chi connectivity index (χ1v) is 7.48. The highest BCUT2D eigenvalue weighted by atomic mass is 19.3. The van der Waals surface area contributed by atoms with Gasteiger partial charge in [-0.15, -0.1) is 0 Å². The molecule has 0 saturated heterocycles. The van der Waals surface area contributed by atoms with Crippen molar-refractivity contribution >= 4 is 5.91 Å². The van der Waals surface area contributed by atoms with Crippen molar-refractivity contribution < 1.29 is 18.3 Å². The van der Waals surface area contributed by atoms with Crippen LogP contribution in [0.15, 0.2) is 24.3 Å². The number of amides is 1. The molecule has 1 unspecified atom stereocenters. The van der Waals surface area contributed by atoms with Crippen molar-refractivity contribution in [1.29, 1.82) is 0 Å². The molecule has 0 heterocycles. The lowest BCUT2D eigenvalue weighted by molar-refractivity contribution is -0.123. The maximum atomic E-state index is 12.1. The Morgan fingerprint density at radius 1 is 1.41 bits per heavy atom. The molecule has 1 aromatic carbocycles. The van der Waals surface area contributed by atoms with E-state index in [1.807, 2.05) is 6.92 Å². The summed E-state index contributed by atoms with van der Waals surface area (Å²) in [5, 5.41) is 3.02. The Balaban J connectivity index is 1.80. The number of nitrogens with one attached hydrogen (secondary N) is 1. The van der Waals surface area contributed by atoms with Crippen molar-refractivity contribution in [3.63, 3.8) is 0 Å². The third-order valence-corrected chi connectivity index (χ3v) is 4.12. The second kappa shape index (κ2) is 7.05. The summed E-state index contributed by atoms with van der Waals surface area (Å²) < 4.78 is 28.4. The van der Waals surface area contributed by atoms with Crippen LogP contribution in [0.1, 0.15) is 31.7 Å². The number of hydrogen-bond donors (Lipinski definition) is 2. The van der Waals surface area contributed by atoms with Crippen molar-refractivity contribution in [1.82, 2.24) is 5.32 Å². The molecule has 1 fully saturated rings. The molecule has 1 amide bonds. The molecular formula is C16H22F2N2O2. The summed E-state index contributed by atoms with van der Waals surface area (Å²) in [7, 11) is 0. The Hall–Kier alpha value is -1.69. The van der Waals surface area contributed by atoms with Crippen molar-refractivity contribution in [3.05, 3.63) is 29.8 Å². The first kappa shape index (κ1) is 16.7. The van der Waals surface area contributed by atoms with Gasteiger partial charge < -0.3 is 15.8 Å². The van der Waals surface area contributed by atoms with Crippen LogP contribution in [0.5, 0.6) is 5.75 Å². The van der Waals surface area contributed by atoms with Crippen LogP contribution in [0.4, 0.5) is 8.78 Å². The van der Waals surface area contributed by atoms with E-state index in [4.69, 9.17) is 5.73 Å². The van der Waals surface area contributed by atoms with Crippen LogP contribution in [0.3, 0.4) is 0 Å². The summed E-state index contributed by atoms with van der Waals surface area (Å²) in [5.74, 6) is 0.563. The zero-order valence-corrected chi connectivity index (χ0v) is 12.6. The van der Waals surface area contributed by atoms with E-state index in [1.165, 1.54) is 12.1 Å². The molecule has 1 atom stereocenters. The SMILES string of the molecule is CC(CN)(NC(=O)CCc1ccc(OC(F)F)cc1)C1CC1. The third kappa shape index (κ3) is 4.66. The van der Waals surface area contributed by atoms with Gasteiger partial charge in [0.25, 0.3) is 0 Å². The molecule has 4 nitrogen and oxygen atoms in total. The molecule has 0 bridgehead atoms. The summed E-state index contributed by atoms with van der Waals surface area (Å²) in [6, 6.07) is 6.34. The third-order valence-electron chi connectivity index (χ3n) is 4.12. The number of aryl methyl sites for hydroxylation is 1. The van der Waals surface area contributed by atoms with E-state index >= 15 is 0 Å². The van der Waals surface area contributed by atoms with E-state index in [-0.39, 0.29) is 17.2 Å². The Bertz CT molecular complexity index is 503. The number of halogens is 2. The van der Waals surface area contributed by atoms with Gasteiger partial charge in [-0.25, -0.2) is 0 Å². The van der Waals surface area contributed by atoms with Gasteiger partial charge in [0, 0.05) is 13.0 Å². The molecule has 1 saturated carbocycles. The quantitative estimate of drug-likeness (QED) is 0.775. The first-order valence-electron chi connectivity index (χ1n) is 7.48. The van der Waals surface area contributed by atoms with Gasteiger partial charge in [-0.1, -0.05) is 12.1 Å². The topological polar surface area (TPSA) is 64.3 Å². The van der Waals surface area contributed by atoms with Gasteiger partial charge in [0.2, 0.25) is 5.91 Å². The second-order valence-corrected chi connectivity index (χ2v) is 5.97. The number of carbonyl (C=O) groups is 1. The maximum absolute atomic E-state index is 12.1. The zero-order valence-electron chi connectivity index (χ0n) is 12.6. The van der Waals surface area contributed by atoms with Crippen LogP contribution in [-0.2, 0) is 11.2 Å². The van der Waals surface area contributed by atoms with Crippen molar-refractivity contribution in [2.24, 2.45) is 11.7 Å². The predicted molar refractivity (Wildman–Crippen MR) is 79.7 cm³/mol. The van der Waals surface area contributed by atoms with Crippen LogP contribution >= 0.6 is 0 Å². The number of alkyl halides is 2. The number of hydrogen-bond acceptors (Lipinski definition) is 3. The van der Waals surface area contributed by atoms with Crippen LogP contribution in [0.2, 0.25) is 0 Å². The first-order chi connectivity index (χ1) is 10.4. The van der Waals surface area contributed by atoms with Gasteiger partial charge >= 0.3 is 6.61 Å².